The molecule has 1 aliphatic rings. The van der Waals surface area contributed by atoms with Gasteiger partial charge in [0, 0.05) is 23.0 Å². The van der Waals surface area contributed by atoms with E-state index in [-0.39, 0.29) is 11.9 Å². The molecule has 1 saturated heterocycles. The molecule has 92 valence electrons. The summed E-state index contributed by atoms with van der Waals surface area (Å²) in [5, 5.41) is 3.03. The van der Waals surface area contributed by atoms with Crippen molar-refractivity contribution in [3.8, 4) is 0 Å². The number of rotatable bonds is 2. The van der Waals surface area contributed by atoms with Crippen LogP contribution in [-0.4, -0.2) is 23.5 Å². The van der Waals surface area contributed by atoms with Crippen molar-refractivity contribution >= 4 is 29.0 Å². The normalized spacial score (nSPS) is 16.7. The minimum Gasteiger partial charge on any atom is -0.399 e. The minimum absolute atomic E-state index is 0.0825. The summed E-state index contributed by atoms with van der Waals surface area (Å²) in [5.41, 5.74) is 12.9. The summed E-state index contributed by atoms with van der Waals surface area (Å²) in [4.78, 5) is 12.0. The highest BCUT2D eigenvalue weighted by Crippen LogP contribution is 2.18. The average molecular weight is 251 g/mol. The minimum atomic E-state index is -0.0825. The van der Waals surface area contributed by atoms with Crippen molar-refractivity contribution in [2.75, 3.05) is 23.0 Å². The second kappa shape index (κ2) is 5.31. The molecule has 5 heteroatoms. The fourth-order valence-corrected chi connectivity index (χ4v) is 3.02. The van der Waals surface area contributed by atoms with Crippen molar-refractivity contribution in [1.82, 2.24) is 5.32 Å². The molecule has 0 saturated carbocycles. The molecule has 2 rings (SSSR count). The molecule has 1 aliphatic heterocycles. The molecule has 0 aromatic heterocycles. The van der Waals surface area contributed by atoms with Gasteiger partial charge in [0.1, 0.15) is 0 Å². The van der Waals surface area contributed by atoms with Crippen LogP contribution in [0.2, 0.25) is 0 Å². The third-order valence-corrected chi connectivity index (χ3v) is 3.85. The first-order valence-electron chi connectivity index (χ1n) is 5.70. The monoisotopic (exact) mass is 251 g/mol. The number of hydrogen-bond donors (Lipinski definition) is 3. The highest BCUT2D eigenvalue weighted by molar-refractivity contribution is 7.99. The van der Waals surface area contributed by atoms with E-state index >= 15 is 0 Å². The van der Waals surface area contributed by atoms with Crippen LogP contribution in [0.25, 0.3) is 0 Å². The maximum absolute atomic E-state index is 12.0. The Kier molecular flexibility index (Phi) is 3.78. The number of hydrogen-bond acceptors (Lipinski definition) is 4. The van der Waals surface area contributed by atoms with Gasteiger partial charge in [0.05, 0.1) is 0 Å². The fourth-order valence-electron chi connectivity index (χ4n) is 1.92. The Bertz CT molecular complexity index is 396. The van der Waals surface area contributed by atoms with E-state index < -0.39 is 0 Å². The zero-order chi connectivity index (χ0) is 12.3. The van der Waals surface area contributed by atoms with Crippen molar-refractivity contribution in [3.63, 3.8) is 0 Å². The van der Waals surface area contributed by atoms with E-state index in [0.717, 1.165) is 24.3 Å². The summed E-state index contributed by atoms with van der Waals surface area (Å²) in [6.45, 7) is 0. The van der Waals surface area contributed by atoms with E-state index in [1.807, 2.05) is 11.8 Å². The highest BCUT2D eigenvalue weighted by atomic mass is 32.2. The number of thioether (sulfide) groups is 1. The Hall–Kier alpha value is -1.36. The molecular weight excluding hydrogens is 234 g/mol. The number of nitrogens with one attached hydrogen (secondary N) is 1. The smallest absolute Gasteiger partial charge is 0.251 e. The van der Waals surface area contributed by atoms with Crippen LogP contribution in [0.3, 0.4) is 0 Å². The lowest BCUT2D eigenvalue weighted by molar-refractivity contribution is 0.0935. The van der Waals surface area contributed by atoms with Crippen molar-refractivity contribution < 1.29 is 4.79 Å². The summed E-state index contributed by atoms with van der Waals surface area (Å²) in [7, 11) is 0. The largest absolute Gasteiger partial charge is 0.399 e. The van der Waals surface area contributed by atoms with E-state index in [1.54, 1.807) is 18.2 Å². The number of amides is 1. The number of carbonyl (C=O) groups is 1. The Morgan fingerprint density at radius 3 is 2.35 bits per heavy atom. The Balaban J connectivity index is 2.03. The summed E-state index contributed by atoms with van der Waals surface area (Å²) in [5.74, 6) is 2.15. The van der Waals surface area contributed by atoms with Gasteiger partial charge < -0.3 is 16.8 Å². The lowest BCUT2D eigenvalue weighted by Crippen LogP contribution is -2.37. The summed E-state index contributed by atoms with van der Waals surface area (Å²) in [6, 6.07) is 5.24. The van der Waals surface area contributed by atoms with E-state index in [0.29, 0.717) is 16.9 Å². The molecular formula is C12H17N3OS. The van der Waals surface area contributed by atoms with Gasteiger partial charge in [0.2, 0.25) is 0 Å². The second-order valence-corrected chi connectivity index (χ2v) is 5.47. The van der Waals surface area contributed by atoms with Crippen molar-refractivity contribution in [3.05, 3.63) is 23.8 Å². The van der Waals surface area contributed by atoms with E-state index in [9.17, 15) is 4.79 Å². The van der Waals surface area contributed by atoms with Gasteiger partial charge >= 0.3 is 0 Å². The number of benzene rings is 1. The van der Waals surface area contributed by atoms with Crippen LogP contribution in [-0.2, 0) is 0 Å². The van der Waals surface area contributed by atoms with Gasteiger partial charge in [-0.25, -0.2) is 0 Å². The number of nitrogen functional groups attached to an aromatic ring is 2. The van der Waals surface area contributed by atoms with Crippen LogP contribution in [0.15, 0.2) is 18.2 Å². The summed E-state index contributed by atoms with van der Waals surface area (Å²) < 4.78 is 0. The Labute approximate surface area is 105 Å². The molecule has 4 nitrogen and oxygen atoms in total. The first-order chi connectivity index (χ1) is 8.15. The molecule has 0 spiro atoms. The standard InChI is InChI=1S/C12H17N3OS/c13-9-5-8(6-10(14)7-9)12(16)15-11-1-3-17-4-2-11/h5-7,11H,1-4,13-14H2,(H,15,16). The van der Waals surface area contributed by atoms with Crippen LogP contribution in [0.1, 0.15) is 23.2 Å². The Morgan fingerprint density at radius 1 is 1.18 bits per heavy atom. The first kappa shape index (κ1) is 12.1. The van der Waals surface area contributed by atoms with Gasteiger partial charge in [0.15, 0.2) is 0 Å². The van der Waals surface area contributed by atoms with Crippen LogP contribution >= 0.6 is 11.8 Å². The third-order valence-electron chi connectivity index (χ3n) is 2.80. The summed E-state index contributed by atoms with van der Waals surface area (Å²) >= 11 is 1.94. The maximum atomic E-state index is 12.0. The third kappa shape index (κ3) is 3.30. The molecule has 1 aromatic rings. The zero-order valence-electron chi connectivity index (χ0n) is 9.61. The molecule has 1 amide bonds. The predicted molar refractivity (Wildman–Crippen MR) is 73.1 cm³/mol. The van der Waals surface area contributed by atoms with E-state index in [2.05, 4.69) is 5.32 Å². The molecule has 0 radical (unpaired) electrons. The van der Waals surface area contributed by atoms with Crippen molar-refractivity contribution in [2.24, 2.45) is 0 Å². The predicted octanol–water partition coefficient (Wildman–Crippen LogP) is 1.48. The molecule has 0 atom stereocenters. The molecule has 0 aliphatic carbocycles. The van der Waals surface area contributed by atoms with Gasteiger partial charge in [-0.05, 0) is 42.5 Å². The van der Waals surface area contributed by atoms with Gasteiger partial charge in [0.25, 0.3) is 5.91 Å². The molecule has 0 bridgehead atoms. The van der Waals surface area contributed by atoms with Crippen LogP contribution < -0.4 is 16.8 Å². The van der Waals surface area contributed by atoms with Crippen molar-refractivity contribution in [2.45, 2.75) is 18.9 Å². The van der Waals surface area contributed by atoms with Gasteiger partial charge in [-0.3, -0.25) is 4.79 Å². The number of carbonyl (C=O) groups excluding carboxylic acids is 1. The fraction of sp³-hybridized carbons (Fsp3) is 0.417. The molecule has 1 aromatic carbocycles. The molecule has 17 heavy (non-hydrogen) atoms. The maximum Gasteiger partial charge on any atom is 0.251 e. The topological polar surface area (TPSA) is 81.1 Å². The molecule has 1 fully saturated rings. The average Bonchev–Trinajstić information content (AvgIpc) is 2.29. The van der Waals surface area contributed by atoms with E-state index in [4.69, 9.17) is 11.5 Å². The zero-order valence-corrected chi connectivity index (χ0v) is 10.4. The SMILES string of the molecule is Nc1cc(N)cc(C(=O)NC2CCSCC2)c1. The van der Waals surface area contributed by atoms with Crippen molar-refractivity contribution in [1.29, 1.82) is 0 Å². The number of anilines is 2. The summed E-state index contributed by atoms with van der Waals surface area (Å²) in [6.07, 6.45) is 2.07. The highest BCUT2D eigenvalue weighted by Gasteiger charge is 2.17. The van der Waals surface area contributed by atoms with Gasteiger partial charge in [-0.1, -0.05) is 0 Å². The lowest BCUT2D eigenvalue weighted by atomic mass is 10.1. The van der Waals surface area contributed by atoms with Crippen LogP contribution in [0, 0.1) is 0 Å². The van der Waals surface area contributed by atoms with Crippen LogP contribution in [0.5, 0.6) is 0 Å². The second-order valence-electron chi connectivity index (χ2n) is 4.25. The molecule has 1 heterocycles. The van der Waals surface area contributed by atoms with Crippen LogP contribution in [0.4, 0.5) is 11.4 Å². The molecule has 0 unspecified atom stereocenters. The van der Waals surface area contributed by atoms with E-state index in [1.165, 1.54) is 0 Å². The van der Waals surface area contributed by atoms with Gasteiger partial charge in [-0.15, -0.1) is 0 Å². The Morgan fingerprint density at radius 2 is 1.76 bits per heavy atom. The lowest BCUT2D eigenvalue weighted by Gasteiger charge is -2.22. The molecule has 5 N–H and O–H groups in total. The quantitative estimate of drug-likeness (QED) is 0.695. The number of nitrogens with two attached hydrogens (primary N) is 2. The van der Waals surface area contributed by atoms with Gasteiger partial charge in [-0.2, -0.15) is 11.8 Å². The first-order valence-corrected chi connectivity index (χ1v) is 6.85.